The minimum absolute atomic E-state index is 0.112. The van der Waals surface area contributed by atoms with E-state index in [9.17, 15) is 14.4 Å². The molecule has 2 amide bonds. The van der Waals surface area contributed by atoms with Crippen molar-refractivity contribution in [3.63, 3.8) is 0 Å². The SMILES string of the molecule is CCc1cn(CCOCCNC(=O)CNC(=O)[C@@H](CC(=O)OCc2ccccc2)n2ccc(-c3ccccc3)c2)c2ccccc12. The second-order valence-electron chi connectivity index (χ2n) is 11.0. The molecule has 3 aromatic carbocycles. The second kappa shape index (κ2) is 16.2. The highest BCUT2D eigenvalue weighted by Crippen LogP contribution is 2.24. The number of para-hydroxylation sites is 1. The van der Waals surface area contributed by atoms with Crippen LogP contribution in [0.2, 0.25) is 0 Å². The lowest BCUT2D eigenvalue weighted by Gasteiger charge is -2.18. The lowest BCUT2D eigenvalue weighted by molar-refractivity contribution is -0.147. The van der Waals surface area contributed by atoms with Crippen molar-refractivity contribution in [1.82, 2.24) is 19.8 Å². The van der Waals surface area contributed by atoms with Gasteiger partial charge >= 0.3 is 5.97 Å². The molecule has 2 heterocycles. The summed E-state index contributed by atoms with van der Waals surface area (Å²) in [6, 6.07) is 28.5. The van der Waals surface area contributed by atoms with E-state index in [0.29, 0.717) is 26.3 Å². The van der Waals surface area contributed by atoms with Crippen molar-refractivity contribution >= 4 is 28.7 Å². The number of esters is 1. The normalized spacial score (nSPS) is 11.7. The van der Waals surface area contributed by atoms with Gasteiger partial charge in [0.15, 0.2) is 0 Å². The van der Waals surface area contributed by atoms with Gasteiger partial charge in [-0.1, -0.05) is 85.8 Å². The van der Waals surface area contributed by atoms with E-state index in [2.05, 4.69) is 46.5 Å². The van der Waals surface area contributed by atoms with E-state index in [1.807, 2.05) is 79.0 Å². The Morgan fingerprint density at radius 3 is 2.33 bits per heavy atom. The number of aryl methyl sites for hydroxylation is 1. The van der Waals surface area contributed by atoms with E-state index >= 15 is 0 Å². The Kier molecular flexibility index (Phi) is 11.4. The highest BCUT2D eigenvalue weighted by atomic mass is 16.5. The van der Waals surface area contributed by atoms with Crippen molar-refractivity contribution in [2.24, 2.45) is 0 Å². The molecule has 0 bridgehead atoms. The first-order valence-electron chi connectivity index (χ1n) is 15.6. The Labute approximate surface area is 269 Å². The Hall–Kier alpha value is -5.15. The molecule has 5 rings (SSSR count). The highest BCUT2D eigenvalue weighted by Gasteiger charge is 2.25. The van der Waals surface area contributed by atoms with Crippen LogP contribution in [-0.4, -0.2) is 53.2 Å². The predicted molar refractivity (Wildman–Crippen MR) is 178 cm³/mol. The minimum Gasteiger partial charge on any atom is -0.461 e. The molecule has 1 atom stereocenters. The van der Waals surface area contributed by atoms with Crippen molar-refractivity contribution < 1.29 is 23.9 Å². The molecule has 2 aromatic heterocycles. The zero-order chi connectivity index (χ0) is 32.1. The fraction of sp³-hybridized carbons (Fsp3) is 0.270. The zero-order valence-corrected chi connectivity index (χ0v) is 26.1. The summed E-state index contributed by atoms with van der Waals surface area (Å²) in [5.74, 6) is -1.31. The molecule has 0 radical (unpaired) electrons. The van der Waals surface area contributed by atoms with Crippen LogP contribution in [0.25, 0.3) is 22.0 Å². The van der Waals surface area contributed by atoms with Crippen molar-refractivity contribution in [2.45, 2.75) is 39.0 Å². The Morgan fingerprint density at radius 2 is 1.54 bits per heavy atom. The van der Waals surface area contributed by atoms with Gasteiger partial charge in [0, 0.05) is 42.6 Å². The average Bonchev–Trinajstić information content (AvgIpc) is 3.73. The summed E-state index contributed by atoms with van der Waals surface area (Å²) in [4.78, 5) is 38.7. The lowest BCUT2D eigenvalue weighted by Crippen LogP contribution is -2.41. The second-order valence-corrected chi connectivity index (χ2v) is 11.0. The average molecular weight is 621 g/mol. The number of fused-ring (bicyclic) bond motifs is 1. The number of hydrogen-bond donors (Lipinski definition) is 2. The van der Waals surface area contributed by atoms with Crippen LogP contribution in [0.1, 0.15) is 30.5 Å². The van der Waals surface area contributed by atoms with Crippen LogP contribution in [0.15, 0.2) is 110 Å². The summed E-state index contributed by atoms with van der Waals surface area (Å²) in [5, 5.41) is 6.73. The van der Waals surface area contributed by atoms with Gasteiger partial charge in [-0.15, -0.1) is 0 Å². The van der Waals surface area contributed by atoms with E-state index < -0.39 is 17.9 Å². The number of carbonyl (C=O) groups excluding carboxylic acids is 3. The molecule has 0 aliphatic carbocycles. The molecule has 0 saturated heterocycles. The molecule has 9 heteroatoms. The molecule has 9 nitrogen and oxygen atoms in total. The molecule has 238 valence electrons. The van der Waals surface area contributed by atoms with Crippen LogP contribution in [0.3, 0.4) is 0 Å². The van der Waals surface area contributed by atoms with Crippen LogP contribution in [0.5, 0.6) is 0 Å². The first-order chi connectivity index (χ1) is 22.5. The topological polar surface area (TPSA) is 104 Å². The zero-order valence-electron chi connectivity index (χ0n) is 26.1. The third kappa shape index (κ3) is 8.73. The van der Waals surface area contributed by atoms with Crippen molar-refractivity contribution in [3.05, 3.63) is 121 Å². The van der Waals surface area contributed by atoms with Gasteiger partial charge in [0.2, 0.25) is 11.8 Å². The van der Waals surface area contributed by atoms with Gasteiger partial charge in [-0.2, -0.15) is 0 Å². The smallest absolute Gasteiger partial charge is 0.308 e. The number of hydrogen-bond acceptors (Lipinski definition) is 5. The number of carbonyl (C=O) groups is 3. The van der Waals surface area contributed by atoms with Crippen LogP contribution in [-0.2, 0) is 43.4 Å². The standard InChI is InChI=1S/C37H40N4O5/c1-2-29-25-41(33-16-10-9-15-32(29)33)20-22-45-21-18-38-35(42)24-39-37(44)34(23-36(43)46-27-28-11-5-3-6-12-28)40-19-17-31(26-40)30-13-7-4-8-14-30/h3-17,19,25-26,34H,2,18,20-24,27H2,1H3,(H,38,42)(H,39,44)/t34-/m1/s1. The van der Waals surface area contributed by atoms with Gasteiger partial charge in [0.05, 0.1) is 26.2 Å². The van der Waals surface area contributed by atoms with Gasteiger partial charge in [0.25, 0.3) is 0 Å². The molecule has 0 aliphatic rings. The largest absolute Gasteiger partial charge is 0.461 e. The maximum atomic E-state index is 13.3. The Morgan fingerprint density at radius 1 is 0.804 bits per heavy atom. The Balaban J connectivity index is 1.09. The highest BCUT2D eigenvalue weighted by molar-refractivity contribution is 5.89. The fourth-order valence-electron chi connectivity index (χ4n) is 5.36. The van der Waals surface area contributed by atoms with E-state index in [0.717, 1.165) is 23.1 Å². The molecule has 2 N–H and O–H groups in total. The molecule has 46 heavy (non-hydrogen) atoms. The maximum Gasteiger partial charge on any atom is 0.308 e. The molecular formula is C37H40N4O5. The number of amides is 2. The summed E-state index contributed by atoms with van der Waals surface area (Å²) in [6.45, 7) is 3.92. The molecule has 0 fully saturated rings. The molecule has 0 unspecified atom stereocenters. The first-order valence-corrected chi connectivity index (χ1v) is 15.6. The molecule has 0 spiro atoms. The number of nitrogens with zero attached hydrogens (tertiary/aromatic N) is 2. The minimum atomic E-state index is -0.894. The third-order valence-corrected chi connectivity index (χ3v) is 7.81. The number of aromatic nitrogens is 2. The molecule has 0 aliphatic heterocycles. The fourth-order valence-corrected chi connectivity index (χ4v) is 5.36. The predicted octanol–water partition coefficient (Wildman–Crippen LogP) is 5.30. The van der Waals surface area contributed by atoms with E-state index in [4.69, 9.17) is 9.47 Å². The summed E-state index contributed by atoms with van der Waals surface area (Å²) in [7, 11) is 0. The van der Waals surface area contributed by atoms with Crippen LogP contribution < -0.4 is 10.6 Å². The van der Waals surface area contributed by atoms with Gasteiger partial charge in [-0.25, -0.2) is 0 Å². The van der Waals surface area contributed by atoms with Crippen LogP contribution >= 0.6 is 0 Å². The quantitative estimate of drug-likeness (QED) is 0.115. The van der Waals surface area contributed by atoms with E-state index in [1.165, 1.54) is 16.5 Å². The summed E-state index contributed by atoms with van der Waals surface area (Å²) >= 11 is 0. The number of nitrogens with one attached hydrogen (secondary N) is 2. The van der Waals surface area contributed by atoms with Crippen molar-refractivity contribution in [1.29, 1.82) is 0 Å². The lowest BCUT2D eigenvalue weighted by atomic mass is 10.1. The van der Waals surface area contributed by atoms with E-state index in [-0.39, 0.29) is 25.5 Å². The first kappa shape index (κ1) is 32.2. The van der Waals surface area contributed by atoms with Gasteiger partial charge in [-0.3, -0.25) is 14.4 Å². The number of benzene rings is 3. The van der Waals surface area contributed by atoms with Crippen molar-refractivity contribution in [2.75, 3.05) is 26.3 Å². The number of ether oxygens (including phenoxy) is 2. The summed E-state index contributed by atoms with van der Waals surface area (Å²) < 4.78 is 15.1. The Bertz CT molecular complexity index is 1730. The van der Waals surface area contributed by atoms with Gasteiger partial charge < -0.3 is 29.2 Å². The summed E-state index contributed by atoms with van der Waals surface area (Å²) in [5.41, 5.74) is 5.25. The van der Waals surface area contributed by atoms with Gasteiger partial charge in [0.1, 0.15) is 12.6 Å². The maximum absolute atomic E-state index is 13.3. The summed E-state index contributed by atoms with van der Waals surface area (Å²) in [6.07, 6.45) is 6.53. The molecule has 5 aromatic rings. The van der Waals surface area contributed by atoms with E-state index in [1.54, 1.807) is 10.8 Å². The number of rotatable bonds is 16. The monoisotopic (exact) mass is 620 g/mol. The van der Waals surface area contributed by atoms with Crippen LogP contribution in [0.4, 0.5) is 0 Å². The van der Waals surface area contributed by atoms with Crippen molar-refractivity contribution in [3.8, 4) is 11.1 Å². The molecular weight excluding hydrogens is 580 g/mol. The van der Waals surface area contributed by atoms with Gasteiger partial charge in [-0.05, 0) is 40.8 Å². The van der Waals surface area contributed by atoms with Crippen LogP contribution in [0, 0.1) is 0 Å². The third-order valence-electron chi connectivity index (χ3n) is 7.81. The molecule has 0 saturated carbocycles.